The lowest BCUT2D eigenvalue weighted by atomic mass is 10.1. The molecule has 0 radical (unpaired) electrons. The number of morpholine rings is 1. The highest BCUT2D eigenvalue weighted by Crippen LogP contribution is 2.22. The van der Waals surface area contributed by atoms with Crippen molar-refractivity contribution >= 4 is 10.0 Å². The summed E-state index contributed by atoms with van der Waals surface area (Å²) >= 11 is 0. The summed E-state index contributed by atoms with van der Waals surface area (Å²) < 4.78 is 33.4. The van der Waals surface area contributed by atoms with E-state index in [1.165, 1.54) is 0 Å². The molecule has 5 nitrogen and oxygen atoms in total. The molecular weight excluding hydrogens is 336 g/mol. The van der Waals surface area contributed by atoms with Gasteiger partial charge in [-0.2, -0.15) is 0 Å². The van der Waals surface area contributed by atoms with Gasteiger partial charge in [0.05, 0.1) is 18.1 Å². The molecule has 1 aliphatic heterocycles. The van der Waals surface area contributed by atoms with Crippen LogP contribution in [0.1, 0.15) is 17.2 Å². The molecule has 0 spiro atoms. The van der Waals surface area contributed by atoms with Gasteiger partial charge in [-0.1, -0.05) is 48.0 Å². The van der Waals surface area contributed by atoms with Gasteiger partial charge < -0.3 is 4.74 Å². The van der Waals surface area contributed by atoms with E-state index < -0.39 is 10.0 Å². The zero-order valence-electron chi connectivity index (χ0n) is 14.4. The number of aryl methyl sites for hydroxylation is 1. The number of hydrogen-bond acceptors (Lipinski definition) is 4. The van der Waals surface area contributed by atoms with Crippen molar-refractivity contribution in [2.45, 2.75) is 17.9 Å². The Morgan fingerprint density at radius 2 is 1.68 bits per heavy atom. The van der Waals surface area contributed by atoms with Crippen LogP contribution in [0.2, 0.25) is 0 Å². The summed E-state index contributed by atoms with van der Waals surface area (Å²) in [6.45, 7) is 5.22. The Balaban J connectivity index is 1.77. The van der Waals surface area contributed by atoms with Crippen LogP contribution in [0.25, 0.3) is 0 Å². The first-order valence-electron chi connectivity index (χ1n) is 8.49. The Hall–Kier alpha value is -1.73. The lowest BCUT2D eigenvalue weighted by Gasteiger charge is -2.34. The summed E-state index contributed by atoms with van der Waals surface area (Å²) in [6, 6.07) is 16.9. The molecular formula is C19H24N2O3S. The zero-order chi connectivity index (χ0) is 17.7. The molecule has 1 N–H and O–H groups in total. The molecule has 6 heteroatoms. The first-order chi connectivity index (χ1) is 12.1. The first-order valence-corrected chi connectivity index (χ1v) is 9.98. The second-order valence-corrected chi connectivity index (χ2v) is 8.01. The minimum Gasteiger partial charge on any atom is -0.379 e. The van der Waals surface area contributed by atoms with Crippen molar-refractivity contribution < 1.29 is 13.2 Å². The third-order valence-electron chi connectivity index (χ3n) is 4.47. The molecule has 134 valence electrons. The van der Waals surface area contributed by atoms with Crippen molar-refractivity contribution in [2.24, 2.45) is 0 Å². The van der Waals surface area contributed by atoms with Crippen LogP contribution in [0, 0.1) is 6.92 Å². The summed E-state index contributed by atoms with van der Waals surface area (Å²) in [5.74, 6) is 0. The predicted octanol–water partition coefficient (Wildman–Crippen LogP) is 2.35. The molecule has 0 aliphatic carbocycles. The van der Waals surface area contributed by atoms with Crippen LogP contribution in [0.4, 0.5) is 0 Å². The highest BCUT2D eigenvalue weighted by molar-refractivity contribution is 7.89. The number of ether oxygens (including phenoxy) is 1. The molecule has 0 saturated carbocycles. The fraction of sp³-hybridized carbons (Fsp3) is 0.368. The van der Waals surface area contributed by atoms with Gasteiger partial charge in [-0.15, -0.1) is 0 Å². The summed E-state index contributed by atoms with van der Waals surface area (Å²) in [7, 11) is -3.53. The average Bonchev–Trinajstić information content (AvgIpc) is 2.64. The van der Waals surface area contributed by atoms with E-state index in [4.69, 9.17) is 4.74 Å². The van der Waals surface area contributed by atoms with E-state index in [1.807, 2.05) is 49.4 Å². The molecule has 1 atom stereocenters. The predicted molar refractivity (Wildman–Crippen MR) is 97.9 cm³/mol. The molecule has 1 aliphatic rings. The monoisotopic (exact) mass is 360 g/mol. The lowest BCUT2D eigenvalue weighted by molar-refractivity contribution is 0.0172. The van der Waals surface area contributed by atoms with Crippen LogP contribution in [-0.4, -0.2) is 46.2 Å². The van der Waals surface area contributed by atoms with Crippen molar-refractivity contribution in [1.29, 1.82) is 0 Å². The van der Waals surface area contributed by atoms with Gasteiger partial charge >= 0.3 is 0 Å². The van der Waals surface area contributed by atoms with Crippen molar-refractivity contribution in [1.82, 2.24) is 9.62 Å². The minimum atomic E-state index is -3.53. The van der Waals surface area contributed by atoms with Crippen molar-refractivity contribution in [2.75, 3.05) is 32.8 Å². The van der Waals surface area contributed by atoms with Crippen LogP contribution in [0.3, 0.4) is 0 Å². The van der Waals surface area contributed by atoms with Crippen LogP contribution >= 0.6 is 0 Å². The highest BCUT2D eigenvalue weighted by Gasteiger charge is 2.24. The van der Waals surface area contributed by atoms with E-state index in [1.54, 1.807) is 12.1 Å². The Morgan fingerprint density at radius 3 is 2.32 bits per heavy atom. The Labute approximate surface area is 149 Å². The van der Waals surface area contributed by atoms with E-state index >= 15 is 0 Å². The smallest absolute Gasteiger partial charge is 0.240 e. The van der Waals surface area contributed by atoms with E-state index in [0.29, 0.717) is 24.7 Å². The average molecular weight is 360 g/mol. The van der Waals surface area contributed by atoms with Crippen LogP contribution in [-0.2, 0) is 14.8 Å². The van der Waals surface area contributed by atoms with Gasteiger partial charge in [0.25, 0.3) is 0 Å². The lowest BCUT2D eigenvalue weighted by Crippen LogP contribution is -2.43. The van der Waals surface area contributed by atoms with Crippen molar-refractivity contribution in [3.63, 3.8) is 0 Å². The summed E-state index contributed by atoms with van der Waals surface area (Å²) in [5, 5.41) is 0. The number of nitrogens with zero attached hydrogens (tertiary/aromatic N) is 1. The largest absolute Gasteiger partial charge is 0.379 e. The second kappa shape index (κ2) is 8.10. The number of nitrogens with one attached hydrogen (secondary N) is 1. The molecule has 1 saturated heterocycles. The topological polar surface area (TPSA) is 58.6 Å². The molecule has 2 aromatic carbocycles. The third-order valence-corrected chi connectivity index (χ3v) is 5.91. The van der Waals surface area contributed by atoms with Crippen molar-refractivity contribution in [3.8, 4) is 0 Å². The third kappa shape index (κ3) is 4.67. The standard InChI is InChI=1S/C19H24N2O3S/c1-16-7-9-18(10-8-16)25(22,23)20-15-19(17-5-3-2-4-6-17)21-11-13-24-14-12-21/h2-10,19-20H,11-15H2,1H3/t19-/m1/s1. The van der Waals surface area contributed by atoms with E-state index in [0.717, 1.165) is 24.2 Å². The van der Waals surface area contributed by atoms with E-state index in [-0.39, 0.29) is 6.04 Å². The van der Waals surface area contributed by atoms with Gasteiger partial charge in [-0.25, -0.2) is 13.1 Å². The van der Waals surface area contributed by atoms with Crippen LogP contribution < -0.4 is 4.72 Å². The fourth-order valence-corrected chi connectivity index (χ4v) is 4.05. The molecule has 0 aromatic heterocycles. The Morgan fingerprint density at radius 1 is 1.04 bits per heavy atom. The Bertz CT molecular complexity index is 770. The summed E-state index contributed by atoms with van der Waals surface area (Å²) in [5.41, 5.74) is 2.14. The number of hydrogen-bond donors (Lipinski definition) is 1. The molecule has 2 aromatic rings. The van der Waals surface area contributed by atoms with Gasteiger partial charge in [-0.3, -0.25) is 4.90 Å². The maximum absolute atomic E-state index is 12.6. The van der Waals surface area contributed by atoms with Gasteiger partial charge in [0.1, 0.15) is 0 Å². The van der Waals surface area contributed by atoms with Crippen molar-refractivity contribution in [3.05, 3.63) is 65.7 Å². The number of rotatable bonds is 6. The van der Waals surface area contributed by atoms with E-state index in [9.17, 15) is 8.42 Å². The summed E-state index contributed by atoms with van der Waals surface area (Å²) in [6.07, 6.45) is 0. The number of sulfonamides is 1. The molecule has 0 unspecified atom stereocenters. The molecule has 1 fully saturated rings. The fourth-order valence-electron chi connectivity index (χ4n) is 3.01. The summed E-state index contributed by atoms with van der Waals surface area (Å²) in [4.78, 5) is 2.57. The van der Waals surface area contributed by atoms with Crippen LogP contribution in [0.5, 0.6) is 0 Å². The van der Waals surface area contributed by atoms with E-state index in [2.05, 4.69) is 9.62 Å². The normalized spacial score (nSPS) is 17.3. The molecule has 0 bridgehead atoms. The van der Waals surface area contributed by atoms with Gasteiger partial charge in [-0.05, 0) is 24.6 Å². The molecule has 0 amide bonds. The highest BCUT2D eigenvalue weighted by atomic mass is 32.2. The second-order valence-electron chi connectivity index (χ2n) is 6.24. The van der Waals surface area contributed by atoms with Gasteiger partial charge in [0.15, 0.2) is 0 Å². The van der Waals surface area contributed by atoms with Crippen LogP contribution in [0.15, 0.2) is 59.5 Å². The molecule has 25 heavy (non-hydrogen) atoms. The Kier molecular flexibility index (Phi) is 5.86. The molecule has 1 heterocycles. The minimum absolute atomic E-state index is 0.00896. The SMILES string of the molecule is Cc1ccc(S(=O)(=O)NC[C@H](c2ccccc2)N2CCOCC2)cc1. The first kappa shape index (κ1) is 18.1. The van der Waals surface area contributed by atoms with Gasteiger partial charge in [0.2, 0.25) is 10.0 Å². The maximum Gasteiger partial charge on any atom is 0.240 e. The quantitative estimate of drug-likeness (QED) is 0.859. The number of benzene rings is 2. The zero-order valence-corrected chi connectivity index (χ0v) is 15.2. The van der Waals surface area contributed by atoms with Gasteiger partial charge in [0, 0.05) is 25.7 Å². The maximum atomic E-state index is 12.6. The molecule has 3 rings (SSSR count).